The molecule has 0 N–H and O–H groups in total. The van der Waals surface area contributed by atoms with E-state index in [1.807, 2.05) is 25.1 Å². The summed E-state index contributed by atoms with van der Waals surface area (Å²) < 4.78 is 7.73. The second kappa shape index (κ2) is 7.50. The van der Waals surface area contributed by atoms with Crippen molar-refractivity contribution in [1.82, 2.24) is 9.55 Å². The van der Waals surface area contributed by atoms with E-state index in [0.29, 0.717) is 13.2 Å². The smallest absolute Gasteiger partial charge is 0.263 e. The Kier molecular flexibility index (Phi) is 5.21. The van der Waals surface area contributed by atoms with E-state index in [0.717, 1.165) is 43.6 Å². The van der Waals surface area contributed by atoms with Gasteiger partial charge in [0.25, 0.3) is 5.56 Å². The molecule has 146 valence electrons. The summed E-state index contributed by atoms with van der Waals surface area (Å²) in [5.74, 6) is 0.774. The minimum absolute atomic E-state index is 0.0405. The number of fused-ring (bicyclic) bond motifs is 3. The van der Waals surface area contributed by atoms with Crippen LogP contribution in [0.25, 0.3) is 10.2 Å². The highest BCUT2D eigenvalue weighted by atomic mass is 32.2. The molecule has 0 aliphatic carbocycles. The van der Waals surface area contributed by atoms with Crippen LogP contribution < -0.4 is 5.56 Å². The van der Waals surface area contributed by atoms with Gasteiger partial charge < -0.3 is 4.74 Å². The number of ether oxygens (including phenoxy) is 1. The molecule has 0 fully saturated rings. The van der Waals surface area contributed by atoms with Crippen molar-refractivity contribution in [1.29, 1.82) is 0 Å². The van der Waals surface area contributed by atoms with Gasteiger partial charge in [0.1, 0.15) is 4.83 Å². The maximum atomic E-state index is 13.5. The number of nitrogens with zero attached hydrogens (tertiary/aromatic N) is 2. The van der Waals surface area contributed by atoms with Crippen LogP contribution in [0, 0.1) is 0 Å². The molecular formula is C22H24N2O2S2. The summed E-state index contributed by atoms with van der Waals surface area (Å²) in [4.78, 5) is 20.3. The molecule has 28 heavy (non-hydrogen) atoms. The molecule has 0 unspecified atom stereocenters. The lowest BCUT2D eigenvalue weighted by atomic mass is 9.94. The van der Waals surface area contributed by atoms with E-state index >= 15 is 0 Å². The zero-order valence-electron chi connectivity index (χ0n) is 16.4. The van der Waals surface area contributed by atoms with E-state index in [9.17, 15) is 4.79 Å². The predicted molar refractivity (Wildman–Crippen MR) is 117 cm³/mol. The Morgan fingerprint density at radius 1 is 1.36 bits per heavy atom. The van der Waals surface area contributed by atoms with Gasteiger partial charge in [-0.1, -0.05) is 54.2 Å². The monoisotopic (exact) mass is 412 g/mol. The first kappa shape index (κ1) is 19.4. The Bertz CT molecular complexity index is 1100. The topological polar surface area (TPSA) is 44.1 Å². The number of rotatable bonds is 5. The average Bonchev–Trinajstić information content (AvgIpc) is 2.99. The normalized spacial score (nSPS) is 15.5. The highest BCUT2D eigenvalue weighted by molar-refractivity contribution is 7.98. The van der Waals surface area contributed by atoms with Crippen LogP contribution in [-0.2, 0) is 30.1 Å². The van der Waals surface area contributed by atoms with Gasteiger partial charge >= 0.3 is 0 Å². The Morgan fingerprint density at radius 3 is 2.82 bits per heavy atom. The summed E-state index contributed by atoms with van der Waals surface area (Å²) in [5.41, 5.74) is 3.05. The van der Waals surface area contributed by atoms with Crippen molar-refractivity contribution in [2.45, 2.75) is 56.9 Å². The SMILES string of the molecule is C=C(C)Cn1c(SCc2ccccc2)nc2sc3c(c2c1=O)CC(C)(C)OC3. The van der Waals surface area contributed by atoms with Crippen molar-refractivity contribution in [3.05, 3.63) is 68.8 Å². The van der Waals surface area contributed by atoms with Crippen LogP contribution in [0.1, 0.15) is 36.8 Å². The third-order valence-corrected chi connectivity index (χ3v) is 6.94. The largest absolute Gasteiger partial charge is 0.370 e. The highest BCUT2D eigenvalue weighted by Gasteiger charge is 2.31. The van der Waals surface area contributed by atoms with Gasteiger partial charge in [-0.15, -0.1) is 11.3 Å². The van der Waals surface area contributed by atoms with Gasteiger partial charge in [-0.2, -0.15) is 0 Å². The Balaban J connectivity index is 1.81. The molecular weight excluding hydrogens is 388 g/mol. The van der Waals surface area contributed by atoms with Gasteiger partial charge in [0.2, 0.25) is 0 Å². The van der Waals surface area contributed by atoms with Crippen LogP contribution >= 0.6 is 23.1 Å². The lowest BCUT2D eigenvalue weighted by molar-refractivity contribution is -0.0379. The second-order valence-electron chi connectivity index (χ2n) is 7.93. The first-order valence-corrected chi connectivity index (χ1v) is 11.1. The standard InChI is InChI=1S/C22H24N2O2S2/c1-14(2)11-24-20(25)18-16-10-22(3,4)26-12-17(16)28-19(18)23-21(24)27-13-15-8-6-5-7-9-15/h5-9H,1,10-13H2,2-4H3. The van der Waals surface area contributed by atoms with Crippen molar-refractivity contribution in [3.63, 3.8) is 0 Å². The van der Waals surface area contributed by atoms with Crippen molar-refractivity contribution in [3.8, 4) is 0 Å². The summed E-state index contributed by atoms with van der Waals surface area (Å²) in [6.45, 7) is 11.1. The molecule has 0 saturated heterocycles. The van der Waals surface area contributed by atoms with E-state index in [4.69, 9.17) is 9.72 Å². The third-order valence-electron chi connectivity index (χ3n) is 4.79. The first-order chi connectivity index (χ1) is 13.3. The van der Waals surface area contributed by atoms with Gasteiger partial charge in [-0.25, -0.2) is 4.98 Å². The molecule has 0 amide bonds. The molecule has 0 saturated carbocycles. The van der Waals surface area contributed by atoms with Crippen LogP contribution in [-0.4, -0.2) is 15.2 Å². The fourth-order valence-corrected chi connectivity index (χ4v) is 5.55. The van der Waals surface area contributed by atoms with Crippen molar-refractivity contribution < 1.29 is 4.74 Å². The Hall–Kier alpha value is -1.89. The highest BCUT2D eigenvalue weighted by Crippen LogP contribution is 2.37. The fourth-order valence-electron chi connectivity index (χ4n) is 3.45. The van der Waals surface area contributed by atoms with Crippen molar-refractivity contribution >= 4 is 33.3 Å². The van der Waals surface area contributed by atoms with E-state index in [-0.39, 0.29) is 11.2 Å². The lowest BCUT2D eigenvalue weighted by Crippen LogP contribution is -2.32. The van der Waals surface area contributed by atoms with Crippen LogP contribution in [0.2, 0.25) is 0 Å². The Morgan fingerprint density at radius 2 is 2.11 bits per heavy atom. The van der Waals surface area contributed by atoms with Gasteiger partial charge in [-0.3, -0.25) is 9.36 Å². The number of hydrogen-bond donors (Lipinski definition) is 0. The molecule has 1 aliphatic rings. The molecule has 4 nitrogen and oxygen atoms in total. The van der Waals surface area contributed by atoms with E-state index < -0.39 is 0 Å². The molecule has 0 atom stereocenters. The molecule has 0 radical (unpaired) electrons. The van der Waals surface area contributed by atoms with Crippen LogP contribution in [0.4, 0.5) is 0 Å². The predicted octanol–water partition coefficient (Wildman–Crippen LogP) is 5.18. The summed E-state index contributed by atoms with van der Waals surface area (Å²) in [7, 11) is 0. The van der Waals surface area contributed by atoms with Gasteiger partial charge in [0.05, 0.1) is 17.6 Å². The number of hydrogen-bond acceptors (Lipinski definition) is 5. The fraction of sp³-hybridized carbons (Fsp3) is 0.364. The molecule has 1 aliphatic heterocycles. The molecule has 1 aromatic carbocycles. The van der Waals surface area contributed by atoms with Crippen molar-refractivity contribution in [2.75, 3.05) is 0 Å². The molecule has 4 rings (SSSR count). The van der Waals surface area contributed by atoms with E-state index in [2.05, 4.69) is 32.6 Å². The maximum Gasteiger partial charge on any atom is 0.263 e. The zero-order chi connectivity index (χ0) is 19.9. The van der Waals surface area contributed by atoms with Crippen molar-refractivity contribution in [2.24, 2.45) is 0 Å². The Labute approximate surface area is 173 Å². The molecule has 0 bridgehead atoms. The summed E-state index contributed by atoms with van der Waals surface area (Å²) in [5, 5.41) is 1.52. The minimum atomic E-state index is -0.257. The lowest BCUT2D eigenvalue weighted by Gasteiger charge is -2.29. The number of allylic oxidation sites excluding steroid dienone is 1. The maximum absolute atomic E-state index is 13.5. The van der Waals surface area contributed by atoms with Gasteiger partial charge in [0, 0.05) is 23.6 Å². The molecule has 6 heteroatoms. The number of benzene rings is 1. The zero-order valence-corrected chi connectivity index (χ0v) is 18.1. The number of aromatic nitrogens is 2. The molecule has 2 aromatic heterocycles. The molecule has 0 spiro atoms. The van der Waals surface area contributed by atoms with E-state index in [1.165, 1.54) is 5.56 Å². The first-order valence-electron chi connectivity index (χ1n) is 9.34. The minimum Gasteiger partial charge on any atom is -0.370 e. The average molecular weight is 413 g/mol. The van der Waals surface area contributed by atoms with Gasteiger partial charge in [-0.05, 0) is 31.9 Å². The quantitative estimate of drug-likeness (QED) is 0.329. The summed E-state index contributed by atoms with van der Waals surface area (Å²) >= 11 is 3.20. The van der Waals surface area contributed by atoms with Crippen LogP contribution in [0.15, 0.2) is 52.4 Å². The van der Waals surface area contributed by atoms with Crippen LogP contribution in [0.3, 0.4) is 0 Å². The third kappa shape index (κ3) is 3.81. The van der Waals surface area contributed by atoms with E-state index in [1.54, 1.807) is 27.7 Å². The summed E-state index contributed by atoms with van der Waals surface area (Å²) in [6.07, 6.45) is 0.739. The second-order valence-corrected chi connectivity index (χ2v) is 9.95. The van der Waals surface area contributed by atoms with Crippen LogP contribution in [0.5, 0.6) is 0 Å². The van der Waals surface area contributed by atoms with Gasteiger partial charge in [0.15, 0.2) is 5.16 Å². The molecule has 3 aromatic rings. The summed E-state index contributed by atoms with van der Waals surface area (Å²) in [6, 6.07) is 10.3. The number of thiophene rings is 1. The number of thioether (sulfide) groups is 1. The molecule has 3 heterocycles.